The number of carbonyl (C=O) groups is 1. The molecule has 0 heterocycles. The first kappa shape index (κ1) is 21.6. The van der Waals surface area contributed by atoms with Crippen LogP contribution in [0.2, 0.25) is 0 Å². The van der Waals surface area contributed by atoms with Crippen molar-refractivity contribution in [1.29, 1.82) is 0 Å². The van der Waals surface area contributed by atoms with Gasteiger partial charge in [-0.2, -0.15) is 0 Å². The zero-order valence-electron chi connectivity index (χ0n) is 15.2. The minimum absolute atomic E-state index is 0.0427. The predicted molar refractivity (Wildman–Crippen MR) is 107 cm³/mol. The molecule has 0 saturated carbocycles. The van der Waals surface area contributed by atoms with Gasteiger partial charge < -0.3 is 11.1 Å². The zero-order valence-corrected chi connectivity index (χ0v) is 16.1. The van der Waals surface area contributed by atoms with Gasteiger partial charge in [0.15, 0.2) is 0 Å². The van der Waals surface area contributed by atoms with Crippen LogP contribution < -0.4 is 11.1 Å². The number of allylic oxidation sites excluding steroid dienone is 1. The van der Waals surface area contributed by atoms with Gasteiger partial charge in [0.25, 0.3) is 0 Å². The number of thioether (sulfide) groups is 1. The first-order chi connectivity index (χ1) is 11.1. The van der Waals surface area contributed by atoms with Gasteiger partial charge >= 0.3 is 0 Å². The van der Waals surface area contributed by atoms with E-state index in [-0.39, 0.29) is 5.91 Å². The molecule has 0 aliphatic carbocycles. The van der Waals surface area contributed by atoms with Crippen molar-refractivity contribution in [1.82, 2.24) is 0 Å². The van der Waals surface area contributed by atoms with Crippen molar-refractivity contribution in [2.24, 2.45) is 0 Å². The standard InChI is InChI=1S/C17H26N2OS.C2H6/c1-4-6-7-8-9-17(20)19-15-12-13(10-11-14(15)18)16(5-2)21-3;1-2/h5,10-12H,4,6-9,18H2,1-3H3,(H,19,20);1-2H3/b16-5-;. The number of anilines is 2. The Morgan fingerprint density at radius 3 is 2.52 bits per heavy atom. The third-order valence-electron chi connectivity index (χ3n) is 3.35. The average Bonchev–Trinajstić information content (AvgIpc) is 2.57. The summed E-state index contributed by atoms with van der Waals surface area (Å²) in [6.45, 7) is 8.17. The molecule has 23 heavy (non-hydrogen) atoms. The highest BCUT2D eigenvalue weighted by atomic mass is 32.2. The van der Waals surface area contributed by atoms with Gasteiger partial charge in [-0.15, -0.1) is 11.8 Å². The molecule has 0 fully saturated rings. The number of nitrogens with two attached hydrogens (primary N) is 1. The molecule has 0 spiro atoms. The molecule has 0 unspecified atom stereocenters. The highest BCUT2D eigenvalue weighted by Gasteiger charge is 2.08. The first-order valence-corrected chi connectivity index (χ1v) is 9.74. The summed E-state index contributed by atoms with van der Waals surface area (Å²) in [4.78, 5) is 13.1. The molecular weight excluding hydrogens is 304 g/mol. The lowest BCUT2D eigenvalue weighted by molar-refractivity contribution is -0.116. The van der Waals surface area contributed by atoms with Crippen molar-refractivity contribution in [3.63, 3.8) is 0 Å². The van der Waals surface area contributed by atoms with Crippen molar-refractivity contribution < 1.29 is 4.79 Å². The highest BCUT2D eigenvalue weighted by Crippen LogP contribution is 2.30. The van der Waals surface area contributed by atoms with Crippen LogP contribution in [0.4, 0.5) is 11.4 Å². The van der Waals surface area contributed by atoms with Gasteiger partial charge in [0.2, 0.25) is 5.91 Å². The molecule has 0 aliphatic heterocycles. The third kappa shape index (κ3) is 8.12. The number of hydrogen-bond acceptors (Lipinski definition) is 3. The van der Waals surface area contributed by atoms with E-state index in [0.29, 0.717) is 17.8 Å². The van der Waals surface area contributed by atoms with E-state index in [1.807, 2.05) is 45.2 Å². The maximum Gasteiger partial charge on any atom is 0.224 e. The van der Waals surface area contributed by atoms with Gasteiger partial charge in [0.1, 0.15) is 0 Å². The number of nitrogens with one attached hydrogen (secondary N) is 1. The van der Waals surface area contributed by atoms with Crippen molar-refractivity contribution in [2.75, 3.05) is 17.3 Å². The Hall–Kier alpha value is -1.42. The molecule has 3 N–H and O–H groups in total. The Morgan fingerprint density at radius 2 is 1.96 bits per heavy atom. The van der Waals surface area contributed by atoms with Gasteiger partial charge in [-0.3, -0.25) is 4.79 Å². The smallest absolute Gasteiger partial charge is 0.224 e. The fourth-order valence-electron chi connectivity index (χ4n) is 2.15. The lowest BCUT2D eigenvalue weighted by Gasteiger charge is -2.11. The molecule has 0 saturated heterocycles. The average molecular weight is 337 g/mol. The number of hydrogen-bond donors (Lipinski definition) is 2. The number of carbonyl (C=O) groups excluding carboxylic acids is 1. The summed E-state index contributed by atoms with van der Waals surface area (Å²) in [5.74, 6) is 0.0427. The number of nitrogen functional groups attached to an aromatic ring is 1. The number of amides is 1. The molecule has 4 heteroatoms. The maximum atomic E-state index is 12.0. The predicted octanol–water partition coefficient (Wildman–Crippen LogP) is 5.93. The van der Waals surface area contributed by atoms with E-state index in [1.54, 1.807) is 11.8 Å². The van der Waals surface area contributed by atoms with Gasteiger partial charge in [-0.05, 0) is 37.3 Å². The fraction of sp³-hybridized carbons (Fsp3) is 0.526. The maximum absolute atomic E-state index is 12.0. The van der Waals surface area contributed by atoms with Crippen LogP contribution in [0, 0.1) is 0 Å². The molecular formula is C19H32N2OS. The van der Waals surface area contributed by atoms with Crippen LogP contribution in [-0.2, 0) is 4.79 Å². The largest absolute Gasteiger partial charge is 0.397 e. The van der Waals surface area contributed by atoms with Crippen molar-refractivity contribution in [2.45, 2.75) is 59.8 Å². The summed E-state index contributed by atoms with van der Waals surface area (Å²) in [5.41, 5.74) is 8.36. The molecule has 0 atom stereocenters. The monoisotopic (exact) mass is 336 g/mol. The van der Waals surface area contributed by atoms with E-state index in [0.717, 1.165) is 18.4 Å². The molecule has 1 aromatic rings. The van der Waals surface area contributed by atoms with Crippen LogP contribution in [0.25, 0.3) is 4.91 Å². The Labute approximate surface area is 146 Å². The third-order valence-corrected chi connectivity index (χ3v) is 4.26. The van der Waals surface area contributed by atoms with E-state index in [9.17, 15) is 4.79 Å². The SMILES string of the molecule is C/C=C(\SC)c1ccc(N)c(NC(=O)CCCCCC)c1.CC. The van der Waals surface area contributed by atoms with Crippen molar-refractivity contribution in [3.8, 4) is 0 Å². The molecule has 1 aromatic carbocycles. The van der Waals surface area contributed by atoms with E-state index < -0.39 is 0 Å². The minimum Gasteiger partial charge on any atom is -0.397 e. The molecule has 3 nitrogen and oxygen atoms in total. The molecule has 0 aromatic heterocycles. The van der Waals surface area contributed by atoms with Crippen LogP contribution >= 0.6 is 11.8 Å². The molecule has 0 aliphatic rings. The van der Waals surface area contributed by atoms with E-state index in [1.165, 1.54) is 17.7 Å². The quantitative estimate of drug-likeness (QED) is 0.457. The normalized spacial score (nSPS) is 10.7. The Morgan fingerprint density at radius 1 is 1.26 bits per heavy atom. The first-order valence-electron chi connectivity index (χ1n) is 8.52. The van der Waals surface area contributed by atoms with Crippen LogP contribution in [-0.4, -0.2) is 12.2 Å². The minimum atomic E-state index is 0.0427. The van der Waals surface area contributed by atoms with E-state index in [2.05, 4.69) is 18.3 Å². The van der Waals surface area contributed by atoms with Crippen molar-refractivity contribution in [3.05, 3.63) is 29.8 Å². The van der Waals surface area contributed by atoms with Crippen LogP contribution in [0.15, 0.2) is 24.3 Å². The summed E-state index contributed by atoms with van der Waals surface area (Å²) in [5, 5.41) is 2.93. The van der Waals surface area contributed by atoms with Crippen molar-refractivity contribution >= 4 is 33.9 Å². The number of unbranched alkanes of at least 4 members (excludes halogenated alkanes) is 3. The summed E-state index contributed by atoms with van der Waals surface area (Å²) in [6, 6.07) is 5.78. The topological polar surface area (TPSA) is 55.1 Å². The molecule has 0 radical (unpaired) electrons. The number of rotatable bonds is 8. The van der Waals surface area contributed by atoms with Gasteiger partial charge in [0, 0.05) is 11.3 Å². The summed E-state index contributed by atoms with van der Waals surface area (Å²) in [7, 11) is 0. The summed E-state index contributed by atoms with van der Waals surface area (Å²) >= 11 is 1.68. The van der Waals surface area contributed by atoms with Crippen LogP contribution in [0.1, 0.15) is 65.4 Å². The highest BCUT2D eigenvalue weighted by molar-refractivity contribution is 8.07. The van der Waals surface area contributed by atoms with Gasteiger partial charge in [-0.25, -0.2) is 0 Å². The summed E-state index contributed by atoms with van der Waals surface area (Å²) in [6.07, 6.45) is 9.06. The second kappa shape index (κ2) is 13.1. The molecule has 130 valence electrons. The lowest BCUT2D eigenvalue weighted by Crippen LogP contribution is -2.12. The fourth-order valence-corrected chi connectivity index (χ4v) is 2.74. The molecule has 1 amide bonds. The Bertz CT molecular complexity index is 498. The molecule has 0 bridgehead atoms. The van der Waals surface area contributed by atoms with E-state index >= 15 is 0 Å². The Balaban J connectivity index is 0.00000232. The summed E-state index contributed by atoms with van der Waals surface area (Å²) < 4.78 is 0. The van der Waals surface area contributed by atoms with E-state index in [4.69, 9.17) is 5.73 Å². The van der Waals surface area contributed by atoms with Crippen LogP contribution in [0.5, 0.6) is 0 Å². The van der Waals surface area contributed by atoms with Crippen LogP contribution in [0.3, 0.4) is 0 Å². The zero-order chi connectivity index (χ0) is 17.7. The second-order valence-electron chi connectivity index (χ2n) is 5.02. The molecule has 1 rings (SSSR count). The van der Waals surface area contributed by atoms with Gasteiger partial charge in [-0.1, -0.05) is 52.2 Å². The Kier molecular flexibility index (Phi) is 12.3. The number of benzene rings is 1. The second-order valence-corrected chi connectivity index (χ2v) is 5.87. The van der Waals surface area contributed by atoms with Gasteiger partial charge in [0.05, 0.1) is 11.4 Å². The lowest BCUT2D eigenvalue weighted by atomic mass is 10.1.